The van der Waals surface area contributed by atoms with Gasteiger partial charge >= 0.3 is 0 Å². The molecule has 0 bridgehead atoms. The lowest BCUT2D eigenvalue weighted by Crippen LogP contribution is -2.14. The zero-order chi connectivity index (χ0) is 17.2. The Hall–Kier alpha value is -3.04. The number of aromatic amines is 1. The van der Waals surface area contributed by atoms with E-state index in [0.717, 1.165) is 0 Å². The molecule has 9 heteroatoms. The highest BCUT2D eigenvalue weighted by Gasteiger charge is 2.11. The molecule has 1 aromatic heterocycles. The van der Waals surface area contributed by atoms with E-state index in [1.165, 1.54) is 35.1 Å². The van der Waals surface area contributed by atoms with Crippen molar-refractivity contribution in [3.63, 3.8) is 0 Å². The van der Waals surface area contributed by atoms with E-state index < -0.39 is 15.7 Å². The molecule has 0 saturated carbocycles. The van der Waals surface area contributed by atoms with Crippen molar-refractivity contribution in [1.29, 1.82) is 0 Å². The second-order valence-electron chi connectivity index (χ2n) is 4.80. The zero-order valence-corrected chi connectivity index (χ0v) is 13.0. The Labute approximate surface area is 136 Å². The average Bonchev–Trinajstić information content (AvgIpc) is 2.94. The van der Waals surface area contributed by atoms with Gasteiger partial charge in [0.15, 0.2) is 5.69 Å². The van der Waals surface area contributed by atoms with Gasteiger partial charge in [0, 0.05) is 0 Å². The number of hydrogen-bond donors (Lipinski definition) is 2. The van der Waals surface area contributed by atoms with E-state index in [1.807, 2.05) is 6.07 Å². The van der Waals surface area contributed by atoms with Crippen molar-refractivity contribution < 1.29 is 13.0 Å². The molecule has 0 spiro atoms. The summed E-state index contributed by atoms with van der Waals surface area (Å²) in [6.45, 7) is 0. The standard InChI is InChI=1S/C15H12N4O4S/c20-15-14(18-17-11-4-2-1-3-5-11)10-16-19(15)12-6-8-13(9-7-12)24(21,22)23/h1-10,16H,(H,21,22,23). The van der Waals surface area contributed by atoms with Gasteiger partial charge in [0.25, 0.3) is 15.7 Å². The maximum atomic E-state index is 12.3. The summed E-state index contributed by atoms with van der Waals surface area (Å²) in [5, 5.41) is 10.6. The molecule has 1 heterocycles. The minimum Gasteiger partial charge on any atom is -0.296 e. The van der Waals surface area contributed by atoms with Gasteiger partial charge in [0.05, 0.1) is 22.5 Å². The summed E-state index contributed by atoms with van der Waals surface area (Å²) in [5.74, 6) is 0. The summed E-state index contributed by atoms with van der Waals surface area (Å²) in [7, 11) is -4.28. The van der Waals surface area contributed by atoms with Crippen LogP contribution in [0.2, 0.25) is 0 Å². The quantitative estimate of drug-likeness (QED) is 0.559. The minimum absolute atomic E-state index is 0.109. The zero-order valence-electron chi connectivity index (χ0n) is 12.2. The van der Waals surface area contributed by atoms with Crippen LogP contribution < -0.4 is 5.56 Å². The lowest BCUT2D eigenvalue weighted by atomic mass is 10.3. The van der Waals surface area contributed by atoms with Gasteiger partial charge in [0.1, 0.15) is 0 Å². The minimum atomic E-state index is -4.28. The highest BCUT2D eigenvalue weighted by atomic mass is 32.2. The van der Waals surface area contributed by atoms with E-state index in [9.17, 15) is 13.2 Å². The van der Waals surface area contributed by atoms with Gasteiger partial charge in [-0.1, -0.05) is 18.2 Å². The predicted octanol–water partition coefficient (Wildman–Crippen LogP) is 2.83. The molecule has 2 aromatic carbocycles. The van der Waals surface area contributed by atoms with Crippen molar-refractivity contribution in [2.24, 2.45) is 10.2 Å². The van der Waals surface area contributed by atoms with Gasteiger partial charge in [-0.05, 0) is 36.4 Å². The molecule has 0 aliphatic carbocycles. The van der Waals surface area contributed by atoms with Gasteiger partial charge in [-0.3, -0.25) is 14.4 Å². The number of H-pyrrole nitrogens is 1. The second kappa shape index (κ2) is 6.22. The van der Waals surface area contributed by atoms with Crippen LogP contribution in [0.3, 0.4) is 0 Å². The fourth-order valence-corrected chi connectivity index (χ4v) is 2.48. The van der Waals surface area contributed by atoms with Crippen LogP contribution in [0.15, 0.2) is 80.7 Å². The van der Waals surface area contributed by atoms with E-state index in [2.05, 4.69) is 15.3 Å². The summed E-state index contributed by atoms with van der Waals surface area (Å²) in [4.78, 5) is 12.0. The van der Waals surface area contributed by atoms with Crippen LogP contribution in [-0.4, -0.2) is 22.8 Å². The molecule has 2 N–H and O–H groups in total. The normalized spacial score (nSPS) is 11.9. The highest BCUT2D eigenvalue weighted by molar-refractivity contribution is 7.85. The Morgan fingerprint density at radius 2 is 1.62 bits per heavy atom. The Balaban J connectivity index is 1.90. The third-order valence-electron chi connectivity index (χ3n) is 3.17. The van der Waals surface area contributed by atoms with Gasteiger partial charge in [0.2, 0.25) is 0 Å². The topological polar surface area (TPSA) is 117 Å². The lowest BCUT2D eigenvalue weighted by molar-refractivity contribution is 0.483. The Morgan fingerprint density at radius 1 is 0.958 bits per heavy atom. The average molecular weight is 344 g/mol. The summed E-state index contributed by atoms with van der Waals surface area (Å²) < 4.78 is 32.2. The van der Waals surface area contributed by atoms with Gasteiger partial charge < -0.3 is 0 Å². The molecule has 24 heavy (non-hydrogen) atoms. The first-order valence-corrected chi connectivity index (χ1v) is 8.24. The number of azo groups is 1. The van der Waals surface area contributed by atoms with E-state index in [0.29, 0.717) is 11.4 Å². The molecule has 0 aliphatic heterocycles. The molecule has 3 rings (SSSR count). The Morgan fingerprint density at radius 3 is 2.25 bits per heavy atom. The van der Waals surface area contributed by atoms with Crippen LogP contribution in [0, 0.1) is 0 Å². The molecule has 0 radical (unpaired) electrons. The number of hydrogen-bond acceptors (Lipinski definition) is 5. The molecule has 0 fully saturated rings. The molecular formula is C15H12N4O4S. The van der Waals surface area contributed by atoms with Gasteiger partial charge in [-0.2, -0.15) is 13.5 Å². The van der Waals surface area contributed by atoms with E-state index in [-0.39, 0.29) is 10.6 Å². The molecule has 0 unspecified atom stereocenters. The van der Waals surface area contributed by atoms with Crippen LogP contribution in [0.25, 0.3) is 5.69 Å². The number of rotatable bonds is 4. The molecule has 122 valence electrons. The fourth-order valence-electron chi connectivity index (χ4n) is 2.00. The first-order valence-electron chi connectivity index (χ1n) is 6.80. The smallest absolute Gasteiger partial charge is 0.296 e. The number of nitrogens with one attached hydrogen (secondary N) is 1. The molecule has 3 aromatic rings. The van der Waals surface area contributed by atoms with Crippen molar-refractivity contribution in [2.75, 3.05) is 0 Å². The first-order chi connectivity index (χ1) is 11.4. The molecule has 0 saturated heterocycles. The van der Waals surface area contributed by atoms with Crippen molar-refractivity contribution in [3.05, 3.63) is 71.1 Å². The van der Waals surface area contributed by atoms with Crippen LogP contribution in [0.5, 0.6) is 0 Å². The van der Waals surface area contributed by atoms with E-state index in [1.54, 1.807) is 24.3 Å². The van der Waals surface area contributed by atoms with E-state index in [4.69, 9.17) is 4.55 Å². The lowest BCUT2D eigenvalue weighted by Gasteiger charge is -2.02. The third kappa shape index (κ3) is 3.31. The highest BCUT2D eigenvalue weighted by Crippen LogP contribution is 2.16. The summed E-state index contributed by atoms with van der Waals surface area (Å²) >= 11 is 0. The molecule has 0 aliphatic rings. The number of nitrogens with zero attached hydrogens (tertiary/aromatic N) is 3. The number of benzene rings is 2. The van der Waals surface area contributed by atoms with Crippen molar-refractivity contribution in [2.45, 2.75) is 4.90 Å². The predicted molar refractivity (Wildman–Crippen MR) is 86.8 cm³/mol. The molecule has 0 atom stereocenters. The maximum absolute atomic E-state index is 12.3. The SMILES string of the molecule is O=c1c(N=Nc2ccccc2)c[nH]n1-c1ccc(S(=O)(=O)O)cc1. The largest absolute Gasteiger partial charge is 0.298 e. The van der Waals surface area contributed by atoms with Crippen LogP contribution in [-0.2, 0) is 10.1 Å². The van der Waals surface area contributed by atoms with Crippen molar-refractivity contribution in [1.82, 2.24) is 9.78 Å². The van der Waals surface area contributed by atoms with Crippen molar-refractivity contribution in [3.8, 4) is 5.69 Å². The summed E-state index contributed by atoms with van der Waals surface area (Å²) in [6.07, 6.45) is 1.39. The third-order valence-corrected chi connectivity index (χ3v) is 4.04. The Bertz CT molecular complexity index is 1040. The maximum Gasteiger partial charge on any atom is 0.298 e. The van der Waals surface area contributed by atoms with Crippen molar-refractivity contribution >= 4 is 21.5 Å². The van der Waals surface area contributed by atoms with Crippen LogP contribution in [0.1, 0.15) is 0 Å². The second-order valence-corrected chi connectivity index (χ2v) is 6.23. The van der Waals surface area contributed by atoms with Gasteiger partial charge in [-0.15, -0.1) is 5.11 Å². The summed E-state index contributed by atoms with van der Waals surface area (Å²) in [6, 6.07) is 14.1. The summed E-state index contributed by atoms with van der Waals surface area (Å²) in [5.41, 5.74) is 0.683. The molecular weight excluding hydrogens is 332 g/mol. The fraction of sp³-hybridized carbons (Fsp3) is 0. The monoisotopic (exact) mass is 344 g/mol. The number of aromatic nitrogens is 2. The van der Waals surface area contributed by atoms with Crippen LogP contribution in [0.4, 0.5) is 11.4 Å². The molecule has 0 amide bonds. The van der Waals surface area contributed by atoms with Gasteiger partial charge in [-0.25, -0.2) is 4.68 Å². The molecule has 8 nitrogen and oxygen atoms in total. The van der Waals surface area contributed by atoms with Crippen LogP contribution >= 0.6 is 0 Å². The first kappa shape index (κ1) is 15.8. The van der Waals surface area contributed by atoms with E-state index >= 15 is 0 Å². The Kier molecular flexibility index (Phi) is 4.11.